The lowest BCUT2D eigenvalue weighted by Crippen LogP contribution is -1.99. The Morgan fingerprint density at radius 2 is 1.81 bits per heavy atom. The van der Waals surface area contributed by atoms with Crippen molar-refractivity contribution < 1.29 is 4.74 Å². The van der Waals surface area contributed by atoms with Crippen molar-refractivity contribution in [3.05, 3.63) is 69.2 Å². The number of nitrogens with zero attached hydrogens (tertiary/aromatic N) is 1. The van der Waals surface area contributed by atoms with E-state index in [-0.39, 0.29) is 0 Å². The van der Waals surface area contributed by atoms with E-state index in [2.05, 4.69) is 27.0 Å². The number of fused-ring (bicyclic) bond motifs is 1. The summed E-state index contributed by atoms with van der Waals surface area (Å²) in [5.74, 6) is 0.649. The lowest BCUT2D eigenvalue weighted by molar-refractivity contribution is 0.395. The molecule has 2 aromatic carbocycles. The van der Waals surface area contributed by atoms with Crippen molar-refractivity contribution >= 4 is 38.4 Å². The number of hydrogen-bond donors (Lipinski definition) is 0. The lowest BCUT2D eigenvalue weighted by atomic mass is 10.0. The van der Waals surface area contributed by atoms with E-state index in [0.717, 1.165) is 37.9 Å². The second-order valence-electron chi connectivity index (χ2n) is 4.73. The monoisotopic (exact) mass is 361 g/mol. The number of benzene rings is 2. The van der Waals surface area contributed by atoms with Gasteiger partial charge in [-0.2, -0.15) is 0 Å². The number of methoxy groups -OCH3 is 1. The Morgan fingerprint density at radius 3 is 2.52 bits per heavy atom. The van der Waals surface area contributed by atoms with Gasteiger partial charge in [0.15, 0.2) is 0 Å². The highest BCUT2D eigenvalue weighted by atomic mass is 79.9. The van der Waals surface area contributed by atoms with Gasteiger partial charge in [-0.05, 0) is 39.7 Å². The molecule has 0 fully saturated rings. The molecule has 0 unspecified atom stereocenters. The van der Waals surface area contributed by atoms with Crippen LogP contribution in [0.1, 0.15) is 11.1 Å². The quantitative estimate of drug-likeness (QED) is 0.635. The summed E-state index contributed by atoms with van der Waals surface area (Å²) in [6.07, 6.45) is 0.735. The molecule has 1 aromatic heterocycles. The number of hydrogen-bond acceptors (Lipinski definition) is 2. The summed E-state index contributed by atoms with van der Waals surface area (Å²) >= 11 is 9.64. The standard InChI is InChI=1S/C17H13BrClNO/c1-21-17-14(10-11-6-8-12(19)9-7-11)16(18)13-4-2-3-5-15(13)20-17/h2-9H,10H2,1H3. The third-order valence-corrected chi connectivity index (χ3v) is 4.53. The fraction of sp³-hybridized carbons (Fsp3) is 0.118. The zero-order valence-electron chi connectivity index (χ0n) is 11.4. The zero-order valence-corrected chi connectivity index (χ0v) is 13.8. The molecule has 0 N–H and O–H groups in total. The van der Waals surface area contributed by atoms with Crippen molar-refractivity contribution in [2.24, 2.45) is 0 Å². The molecule has 1 heterocycles. The van der Waals surface area contributed by atoms with Crippen LogP contribution in [0.25, 0.3) is 10.9 Å². The first-order valence-electron chi connectivity index (χ1n) is 6.54. The van der Waals surface area contributed by atoms with Crippen LogP contribution in [0.5, 0.6) is 5.88 Å². The van der Waals surface area contributed by atoms with Crippen LogP contribution in [0, 0.1) is 0 Å². The Balaban J connectivity index is 2.12. The van der Waals surface area contributed by atoms with Gasteiger partial charge in [0.05, 0.1) is 12.6 Å². The zero-order chi connectivity index (χ0) is 14.8. The summed E-state index contributed by atoms with van der Waals surface area (Å²) in [7, 11) is 1.65. The van der Waals surface area contributed by atoms with Gasteiger partial charge in [-0.3, -0.25) is 0 Å². The van der Waals surface area contributed by atoms with Crippen LogP contribution in [-0.2, 0) is 6.42 Å². The summed E-state index contributed by atoms with van der Waals surface area (Å²) in [4.78, 5) is 4.59. The topological polar surface area (TPSA) is 22.1 Å². The number of aromatic nitrogens is 1. The van der Waals surface area contributed by atoms with E-state index in [9.17, 15) is 0 Å². The maximum absolute atomic E-state index is 5.94. The summed E-state index contributed by atoms with van der Waals surface area (Å²) in [5, 5.41) is 1.82. The fourth-order valence-corrected chi connectivity index (χ4v) is 3.09. The van der Waals surface area contributed by atoms with E-state index in [1.54, 1.807) is 7.11 Å². The van der Waals surface area contributed by atoms with Gasteiger partial charge in [0, 0.05) is 26.9 Å². The minimum atomic E-state index is 0.649. The van der Waals surface area contributed by atoms with Crippen LogP contribution in [0.3, 0.4) is 0 Å². The van der Waals surface area contributed by atoms with Crippen LogP contribution in [0.15, 0.2) is 53.0 Å². The first-order chi connectivity index (χ1) is 10.2. The third kappa shape index (κ3) is 2.89. The Morgan fingerprint density at radius 1 is 1.10 bits per heavy atom. The van der Waals surface area contributed by atoms with Crippen molar-refractivity contribution in [3.8, 4) is 5.88 Å². The molecule has 0 atom stereocenters. The molecule has 0 saturated heterocycles. The minimum absolute atomic E-state index is 0.649. The largest absolute Gasteiger partial charge is 0.481 e. The average molecular weight is 363 g/mol. The van der Waals surface area contributed by atoms with Gasteiger partial charge in [0.25, 0.3) is 0 Å². The van der Waals surface area contributed by atoms with Crippen molar-refractivity contribution in [2.45, 2.75) is 6.42 Å². The molecule has 0 radical (unpaired) electrons. The van der Waals surface area contributed by atoms with Crippen LogP contribution >= 0.6 is 27.5 Å². The minimum Gasteiger partial charge on any atom is -0.481 e. The van der Waals surface area contributed by atoms with Crippen molar-refractivity contribution in [1.82, 2.24) is 4.98 Å². The van der Waals surface area contributed by atoms with Crippen LogP contribution < -0.4 is 4.74 Å². The fourth-order valence-electron chi connectivity index (χ4n) is 2.32. The third-order valence-electron chi connectivity index (χ3n) is 3.37. The maximum atomic E-state index is 5.94. The van der Waals surface area contributed by atoms with Gasteiger partial charge >= 0.3 is 0 Å². The lowest BCUT2D eigenvalue weighted by Gasteiger charge is -2.12. The molecular formula is C17H13BrClNO. The van der Waals surface area contributed by atoms with Gasteiger partial charge in [-0.1, -0.05) is 41.9 Å². The summed E-state index contributed by atoms with van der Waals surface area (Å²) in [5.41, 5.74) is 3.12. The summed E-state index contributed by atoms with van der Waals surface area (Å²) in [6.45, 7) is 0. The van der Waals surface area contributed by atoms with Gasteiger partial charge in [0.2, 0.25) is 5.88 Å². The molecule has 4 heteroatoms. The van der Waals surface area contributed by atoms with Gasteiger partial charge in [0.1, 0.15) is 0 Å². The number of para-hydroxylation sites is 1. The number of rotatable bonds is 3. The van der Waals surface area contributed by atoms with E-state index in [1.807, 2.05) is 42.5 Å². The highest BCUT2D eigenvalue weighted by Crippen LogP contribution is 2.34. The van der Waals surface area contributed by atoms with E-state index in [4.69, 9.17) is 16.3 Å². The smallest absolute Gasteiger partial charge is 0.218 e. The molecule has 0 aliphatic carbocycles. The molecule has 2 nitrogen and oxygen atoms in total. The predicted molar refractivity (Wildman–Crippen MR) is 90.3 cm³/mol. The van der Waals surface area contributed by atoms with Crippen molar-refractivity contribution in [3.63, 3.8) is 0 Å². The average Bonchev–Trinajstić information content (AvgIpc) is 2.52. The second kappa shape index (κ2) is 6.04. The van der Waals surface area contributed by atoms with Gasteiger partial charge in [-0.15, -0.1) is 0 Å². The normalized spacial score (nSPS) is 10.8. The molecule has 0 aliphatic rings. The highest BCUT2D eigenvalue weighted by molar-refractivity contribution is 9.10. The van der Waals surface area contributed by atoms with E-state index in [1.165, 1.54) is 0 Å². The Bertz CT molecular complexity index is 787. The van der Waals surface area contributed by atoms with Crippen LogP contribution in [0.2, 0.25) is 5.02 Å². The number of ether oxygens (including phenoxy) is 1. The Kier molecular flexibility index (Phi) is 4.13. The Labute approximate surface area is 136 Å². The summed E-state index contributed by atoms with van der Waals surface area (Å²) in [6, 6.07) is 15.8. The van der Waals surface area contributed by atoms with Gasteiger partial charge in [-0.25, -0.2) is 4.98 Å². The molecule has 0 saturated carbocycles. The van der Waals surface area contributed by atoms with Crippen molar-refractivity contribution in [2.75, 3.05) is 7.11 Å². The van der Waals surface area contributed by atoms with Crippen LogP contribution in [-0.4, -0.2) is 12.1 Å². The predicted octanol–water partition coefficient (Wildman–Crippen LogP) is 5.25. The molecule has 0 amide bonds. The first-order valence-corrected chi connectivity index (χ1v) is 7.71. The Hall–Kier alpha value is -1.58. The summed E-state index contributed by atoms with van der Waals surface area (Å²) < 4.78 is 6.49. The van der Waals surface area contributed by atoms with Crippen molar-refractivity contribution in [1.29, 1.82) is 0 Å². The SMILES string of the molecule is COc1nc2ccccc2c(Br)c1Cc1ccc(Cl)cc1. The van der Waals surface area contributed by atoms with E-state index < -0.39 is 0 Å². The molecule has 0 spiro atoms. The molecule has 21 heavy (non-hydrogen) atoms. The highest BCUT2D eigenvalue weighted by Gasteiger charge is 2.14. The first kappa shape index (κ1) is 14.4. The molecule has 0 bridgehead atoms. The molecule has 3 rings (SSSR count). The molecule has 106 valence electrons. The number of halogens is 2. The van der Waals surface area contributed by atoms with E-state index >= 15 is 0 Å². The molecule has 3 aromatic rings. The second-order valence-corrected chi connectivity index (χ2v) is 5.96. The molecule has 0 aliphatic heterocycles. The maximum Gasteiger partial charge on any atom is 0.218 e. The number of pyridine rings is 1. The van der Waals surface area contributed by atoms with E-state index in [0.29, 0.717) is 5.88 Å². The molecular weight excluding hydrogens is 350 g/mol. The van der Waals surface area contributed by atoms with Crippen LogP contribution in [0.4, 0.5) is 0 Å². The van der Waals surface area contributed by atoms with Gasteiger partial charge < -0.3 is 4.74 Å².